The molecular weight excluding hydrogens is 236 g/mol. The molecule has 0 aromatic carbocycles. The van der Waals surface area contributed by atoms with E-state index in [4.69, 9.17) is 14.2 Å². The number of esters is 2. The van der Waals surface area contributed by atoms with Crippen molar-refractivity contribution in [2.45, 2.75) is 26.7 Å². The Hall–Kier alpha value is -1.36. The smallest absolute Gasteiger partial charge is 0.330 e. The monoisotopic (exact) mass is 258 g/mol. The molecule has 0 saturated heterocycles. The van der Waals surface area contributed by atoms with E-state index in [1.54, 1.807) is 0 Å². The van der Waals surface area contributed by atoms with E-state index in [9.17, 15) is 9.59 Å². The molecule has 1 atom stereocenters. The molecule has 0 amide bonds. The van der Waals surface area contributed by atoms with Crippen molar-refractivity contribution in [3.05, 3.63) is 12.7 Å². The number of rotatable bonds is 10. The van der Waals surface area contributed by atoms with E-state index in [1.165, 1.54) is 0 Å². The van der Waals surface area contributed by atoms with E-state index < -0.39 is 5.97 Å². The molecule has 0 aromatic rings. The molecule has 0 aliphatic heterocycles. The largest absolute Gasteiger partial charge is 0.463 e. The summed E-state index contributed by atoms with van der Waals surface area (Å²) in [5.41, 5.74) is 0. The summed E-state index contributed by atoms with van der Waals surface area (Å²) in [6.45, 7) is 8.44. The topological polar surface area (TPSA) is 61.8 Å². The van der Waals surface area contributed by atoms with Gasteiger partial charge in [-0.15, -0.1) is 0 Å². The van der Waals surface area contributed by atoms with Gasteiger partial charge in [0.2, 0.25) is 0 Å². The van der Waals surface area contributed by atoms with E-state index in [-0.39, 0.29) is 18.5 Å². The maximum absolute atomic E-state index is 11.3. The quantitative estimate of drug-likeness (QED) is 0.339. The Labute approximate surface area is 108 Å². The van der Waals surface area contributed by atoms with E-state index in [2.05, 4.69) is 6.58 Å². The fourth-order valence-electron chi connectivity index (χ4n) is 1.00. The lowest BCUT2D eigenvalue weighted by Crippen LogP contribution is -2.17. The maximum atomic E-state index is 11.3. The minimum atomic E-state index is -0.433. The van der Waals surface area contributed by atoms with Gasteiger partial charge in [0.15, 0.2) is 0 Å². The Bertz CT molecular complexity index is 262. The first-order chi connectivity index (χ1) is 8.61. The first-order valence-electron chi connectivity index (χ1n) is 6.15. The molecule has 0 bridgehead atoms. The standard InChI is InChI=1S/C13H22O5/c1-4-11(3)13(15)18-10-9-16-7-6-8-17-12(14)5-2/h5,11H,2,4,6-10H2,1,3H3. The van der Waals surface area contributed by atoms with Crippen LogP contribution in [0.3, 0.4) is 0 Å². The van der Waals surface area contributed by atoms with Crippen LogP contribution in [0.25, 0.3) is 0 Å². The third-order valence-electron chi connectivity index (χ3n) is 2.33. The van der Waals surface area contributed by atoms with Crippen LogP contribution in [0.15, 0.2) is 12.7 Å². The zero-order valence-electron chi connectivity index (χ0n) is 11.1. The summed E-state index contributed by atoms with van der Waals surface area (Å²) >= 11 is 0. The SMILES string of the molecule is C=CC(=O)OCCCOCCOC(=O)C(C)CC. The molecule has 0 radical (unpaired) electrons. The molecule has 0 aliphatic carbocycles. The summed E-state index contributed by atoms with van der Waals surface area (Å²) in [4.78, 5) is 21.9. The fourth-order valence-corrected chi connectivity index (χ4v) is 1.00. The summed E-state index contributed by atoms with van der Waals surface area (Å²) in [7, 11) is 0. The van der Waals surface area contributed by atoms with E-state index in [0.717, 1.165) is 12.5 Å². The van der Waals surface area contributed by atoms with Gasteiger partial charge in [0.25, 0.3) is 0 Å². The number of ether oxygens (including phenoxy) is 3. The Kier molecular flexibility index (Phi) is 9.96. The average Bonchev–Trinajstić information content (AvgIpc) is 2.39. The van der Waals surface area contributed by atoms with Gasteiger partial charge in [-0.3, -0.25) is 4.79 Å². The third-order valence-corrected chi connectivity index (χ3v) is 2.33. The molecule has 18 heavy (non-hydrogen) atoms. The van der Waals surface area contributed by atoms with Crippen LogP contribution in [0, 0.1) is 5.92 Å². The van der Waals surface area contributed by atoms with Crippen molar-refractivity contribution in [2.24, 2.45) is 5.92 Å². The van der Waals surface area contributed by atoms with Crippen LogP contribution in [0.1, 0.15) is 26.7 Å². The molecule has 0 aliphatic rings. The van der Waals surface area contributed by atoms with E-state index in [0.29, 0.717) is 26.2 Å². The highest BCUT2D eigenvalue weighted by Gasteiger charge is 2.10. The van der Waals surface area contributed by atoms with Gasteiger partial charge in [-0.1, -0.05) is 20.4 Å². The Balaban J connectivity index is 3.28. The van der Waals surface area contributed by atoms with E-state index >= 15 is 0 Å². The van der Waals surface area contributed by atoms with Gasteiger partial charge in [-0.2, -0.15) is 0 Å². The van der Waals surface area contributed by atoms with Crippen LogP contribution in [-0.4, -0.2) is 38.4 Å². The number of carbonyl (C=O) groups excluding carboxylic acids is 2. The van der Waals surface area contributed by atoms with Crippen LogP contribution >= 0.6 is 0 Å². The normalized spacial score (nSPS) is 11.7. The fraction of sp³-hybridized carbons (Fsp3) is 0.692. The molecule has 0 rings (SSSR count). The molecule has 0 heterocycles. The first-order valence-corrected chi connectivity index (χ1v) is 6.15. The van der Waals surface area contributed by atoms with Crippen LogP contribution in [0.5, 0.6) is 0 Å². The van der Waals surface area contributed by atoms with Crippen LogP contribution in [0.4, 0.5) is 0 Å². The zero-order chi connectivity index (χ0) is 13.8. The van der Waals surface area contributed by atoms with Crippen LogP contribution in [-0.2, 0) is 23.8 Å². The van der Waals surface area contributed by atoms with Gasteiger partial charge in [0.1, 0.15) is 6.61 Å². The number of hydrogen-bond donors (Lipinski definition) is 0. The lowest BCUT2D eigenvalue weighted by Gasteiger charge is -2.09. The van der Waals surface area contributed by atoms with Crippen molar-refractivity contribution < 1.29 is 23.8 Å². The number of carbonyl (C=O) groups is 2. The van der Waals surface area contributed by atoms with Crippen molar-refractivity contribution >= 4 is 11.9 Å². The molecule has 0 spiro atoms. The molecule has 104 valence electrons. The second-order valence-electron chi connectivity index (χ2n) is 3.81. The zero-order valence-corrected chi connectivity index (χ0v) is 11.1. The minimum absolute atomic E-state index is 0.0664. The second kappa shape index (κ2) is 10.8. The molecule has 5 nitrogen and oxygen atoms in total. The van der Waals surface area contributed by atoms with Crippen molar-refractivity contribution in [1.82, 2.24) is 0 Å². The van der Waals surface area contributed by atoms with Gasteiger partial charge in [-0.05, 0) is 6.42 Å². The number of hydrogen-bond acceptors (Lipinski definition) is 5. The predicted octanol–water partition coefficient (Wildman–Crippen LogP) is 1.71. The molecule has 0 saturated carbocycles. The second-order valence-corrected chi connectivity index (χ2v) is 3.81. The molecular formula is C13H22O5. The highest BCUT2D eigenvalue weighted by Crippen LogP contribution is 2.02. The summed E-state index contributed by atoms with van der Waals surface area (Å²) < 4.78 is 15.0. The third kappa shape index (κ3) is 8.75. The molecule has 1 unspecified atom stereocenters. The highest BCUT2D eigenvalue weighted by molar-refractivity contribution is 5.81. The molecule has 0 N–H and O–H groups in total. The van der Waals surface area contributed by atoms with Crippen molar-refractivity contribution in [3.63, 3.8) is 0 Å². The summed E-state index contributed by atoms with van der Waals surface area (Å²) in [5.74, 6) is -0.693. The Morgan fingerprint density at radius 2 is 1.89 bits per heavy atom. The van der Waals surface area contributed by atoms with E-state index in [1.807, 2.05) is 13.8 Å². The summed E-state index contributed by atoms with van der Waals surface area (Å²) in [5, 5.41) is 0. The highest BCUT2D eigenvalue weighted by atomic mass is 16.6. The predicted molar refractivity (Wildman–Crippen MR) is 67.0 cm³/mol. The van der Waals surface area contributed by atoms with Crippen LogP contribution in [0.2, 0.25) is 0 Å². The summed E-state index contributed by atoms with van der Waals surface area (Å²) in [6, 6.07) is 0. The minimum Gasteiger partial charge on any atom is -0.463 e. The van der Waals surface area contributed by atoms with Gasteiger partial charge in [-0.25, -0.2) is 4.79 Å². The van der Waals surface area contributed by atoms with Gasteiger partial charge in [0.05, 0.1) is 19.1 Å². The van der Waals surface area contributed by atoms with Crippen molar-refractivity contribution in [1.29, 1.82) is 0 Å². The van der Waals surface area contributed by atoms with Crippen LogP contribution < -0.4 is 0 Å². The van der Waals surface area contributed by atoms with Gasteiger partial charge >= 0.3 is 11.9 Å². The van der Waals surface area contributed by atoms with Crippen molar-refractivity contribution in [2.75, 3.05) is 26.4 Å². The Morgan fingerprint density at radius 3 is 2.50 bits per heavy atom. The average molecular weight is 258 g/mol. The molecule has 0 aromatic heterocycles. The van der Waals surface area contributed by atoms with Crippen molar-refractivity contribution in [3.8, 4) is 0 Å². The maximum Gasteiger partial charge on any atom is 0.330 e. The Morgan fingerprint density at radius 1 is 1.17 bits per heavy atom. The summed E-state index contributed by atoms with van der Waals surface area (Å²) in [6.07, 6.45) is 2.50. The first kappa shape index (κ1) is 16.6. The lowest BCUT2D eigenvalue weighted by molar-refractivity contribution is -0.149. The lowest BCUT2D eigenvalue weighted by atomic mass is 10.1. The van der Waals surface area contributed by atoms with Gasteiger partial charge in [0, 0.05) is 19.1 Å². The molecule has 0 fully saturated rings. The van der Waals surface area contributed by atoms with Gasteiger partial charge < -0.3 is 14.2 Å². The molecule has 5 heteroatoms.